The van der Waals surface area contributed by atoms with Gasteiger partial charge in [-0.1, -0.05) is 0 Å². The van der Waals surface area contributed by atoms with E-state index in [9.17, 15) is 18.0 Å². The van der Waals surface area contributed by atoms with Crippen molar-refractivity contribution in [2.75, 3.05) is 13.1 Å². The van der Waals surface area contributed by atoms with Crippen molar-refractivity contribution >= 4 is 5.78 Å². The summed E-state index contributed by atoms with van der Waals surface area (Å²) < 4.78 is 35.0. The maximum atomic E-state index is 11.7. The highest BCUT2D eigenvalue weighted by atomic mass is 19.4. The Balaban J connectivity index is 2.60. The number of halogens is 3. The Morgan fingerprint density at radius 2 is 1.83 bits per heavy atom. The molecule has 1 fully saturated rings. The third kappa shape index (κ3) is 2.14. The fraction of sp³-hybridized carbons (Fsp3) is 0.500. The van der Waals surface area contributed by atoms with Crippen LogP contribution in [-0.2, 0) is 4.79 Å². The van der Waals surface area contributed by atoms with Crippen molar-refractivity contribution in [1.82, 2.24) is 10.6 Å². The largest absolute Gasteiger partial charge is 0.454 e. The van der Waals surface area contributed by atoms with E-state index in [2.05, 4.69) is 10.6 Å². The Morgan fingerprint density at radius 3 is 2.25 bits per heavy atom. The predicted molar refractivity (Wildman–Crippen MR) is 35.2 cm³/mol. The number of carbonyl (C=O) groups excluding carboxylic acids is 1. The zero-order valence-corrected chi connectivity index (χ0v) is 6.03. The van der Waals surface area contributed by atoms with Gasteiger partial charge in [0, 0.05) is 19.2 Å². The van der Waals surface area contributed by atoms with E-state index in [-0.39, 0.29) is 5.82 Å². The van der Waals surface area contributed by atoms with E-state index in [0.29, 0.717) is 19.2 Å². The van der Waals surface area contributed by atoms with E-state index in [1.807, 2.05) is 0 Å². The smallest absolute Gasteiger partial charge is 0.370 e. The van der Waals surface area contributed by atoms with E-state index >= 15 is 0 Å². The van der Waals surface area contributed by atoms with E-state index in [1.54, 1.807) is 0 Å². The standard InChI is InChI=1S/C6H7F3N2O/c7-6(8,9)4(12)3-5-10-1-2-11-5/h3,10-11H,1-2H2. The summed E-state index contributed by atoms with van der Waals surface area (Å²) in [6, 6.07) is 0. The van der Waals surface area contributed by atoms with Crippen molar-refractivity contribution in [1.29, 1.82) is 0 Å². The second-order valence-corrected chi connectivity index (χ2v) is 2.27. The molecule has 0 aromatic heterocycles. The van der Waals surface area contributed by atoms with Crippen LogP contribution in [0.1, 0.15) is 0 Å². The number of nitrogens with one attached hydrogen (secondary N) is 2. The molecule has 1 aliphatic heterocycles. The molecule has 1 saturated heterocycles. The van der Waals surface area contributed by atoms with Gasteiger partial charge in [-0.3, -0.25) is 4.79 Å². The van der Waals surface area contributed by atoms with Gasteiger partial charge in [0.1, 0.15) is 5.82 Å². The number of allylic oxidation sites excluding steroid dienone is 1. The average molecular weight is 180 g/mol. The lowest BCUT2D eigenvalue weighted by atomic mass is 10.3. The normalized spacial score (nSPS) is 16.8. The minimum absolute atomic E-state index is 0.136. The second kappa shape index (κ2) is 3.04. The lowest BCUT2D eigenvalue weighted by Crippen LogP contribution is -2.23. The lowest BCUT2D eigenvalue weighted by Gasteiger charge is -2.02. The first-order valence-electron chi connectivity index (χ1n) is 3.31. The molecule has 0 aromatic carbocycles. The lowest BCUT2D eigenvalue weighted by molar-refractivity contribution is -0.165. The Bertz CT molecular complexity index is 213. The highest BCUT2D eigenvalue weighted by Gasteiger charge is 2.37. The molecule has 0 aromatic rings. The number of rotatable bonds is 1. The summed E-state index contributed by atoms with van der Waals surface area (Å²) in [6.07, 6.45) is -4.26. The molecule has 1 heterocycles. The molecule has 0 amide bonds. The van der Waals surface area contributed by atoms with Crippen LogP contribution < -0.4 is 10.6 Å². The summed E-state index contributed by atoms with van der Waals surface area (Å²) in [5.41, 5.74) is 0. The van der Waals surface area contributed by atoms with Gasteiger partial charge < -0.3 is 10.6 Å². The van der Waals surface area contributed by atoms with Crippen molar-refractivity contribution in [3.8, 4) is 0 Å². The van der Waals surface area contributed by atoms with Crippen LogP contribution in [0.25, 0.3) is 0 Å². The Kier molecular flexibility index (Phi) is 2.25. The van der Waals surface area contributed by atoms with Gasteiger partial charge in [-0.25, -0.2) is 0 Å². The van der Waals surface area contributed by atoms with Crippen LogP contribution in [0, 0.1) is 0 Å². The number of carbonyl (C=O) groups is 1. The van der Waals surface area contributed by atoms with Gasteiger partial charge in [0.25, 0.3) is 5.78 Å². The minimum atomic E-state index is -4.78. The van der Waals surface area contributed by atoms with Crippen LogP contribution >= 0.6 is 0 Å². The molecule has 1 rings (SSSR count). The van der Waals surface area contributed by atoms with Crippen molar-refractivity contribution in [3.05, 3.63) is 11.9 Å². The van der Waals surface area contributed by atoms with Crippen molar-refractivity contribution in [2.45, 2.75) is 6.18 Å². The zero-order valence-electron chi connectivity index (χ0n) is 6.03. The third-order valence-electron chi connectivity index (χ3n) is 1.31. The van der Waals surface area contributed by atoms with Gasteiger partial charge in [0.2, 0.25) is 0 Å². The number of hydrogen-bond acceptors (Lipinski definition) is 3. The van der Waals surface area contributed by atoms with Crippen molar-refractivity contribution < 1.29 is 18.0 Å². The highest BCUT2D eigenvalue weighted by molar-refractivity contribution is 5.94. The molecule has 2 N–H and O–H groups in total. The summed E-state index contributed by atoms with van der Waals surface area (Å²) in [5.74, 6) is -1.71. The second-order valence-electron chi connectivity index (χ2n) is 2.27. The highest BCUT2D eigenvalue weighted by Crippen LogP contribution is 2.16. The predicted octanol–water partition coefficient (Wildman–Crippen LogP) is 0.152. The van der Waals surface area contributed by atoms with E-state index < -0.39 is 12.0 Å². The van der Waals surface area contributed by atoms with Crippen LogP contribution in [0.2, 0.25) is 0 Å². The van der Waals surface area contributed by atoms with E-state index in [1.165, 1.54) is 0 Å². The number of ketones is 1. The third-order valence-corrected chi connectivity index (χ3v) is 1.31. The van der Waals surface area contributed by atoms with Gasteiger partial charge >= 0.3 is 6.18 Å². The summed E-state index contributed by atoms with van der Waals surface area (Å²) in [4.78, 5) is 10.3. The first kappa shape index (κ1) is 8.89. The van der Waals surface area contributed by atoms with Gasteiger partial charge in [0.05, 0.1) is 0 Å². The molecule has 12 heavy (non-hydrogen) atoms. The van der Waals surface area contributed by atoms with E-state index in [4.69, 9.17) is 0 Å². The maximum Gasteiger partial charge on any atom is 0.454 e. The quantitative estimate of drug-likeness (QED) is 0.564. The van der Waals surface area contributed by atoms with Crippen LogP contribution in [0.15, 0.2) is 11.9 Å². The topological polar surface area (TPSA) is 41.1 Å². The fourth-order valence-electron chi connectivity index (χ4n) is 0.772. The summed E-state index contributed by atoms with van der Waals surface area (Å²) in [5, 5.41) is 5.18. The molecular formula is C6H7F3N2O. The monoisotopic (exact) mass is 180 g/mol. The molecule has 0 unspecified atom stereocenters. The summed E-state index contributed by atoms with van der Waals surface area (Å²) >= 11 is 0. The molecular weight excluding hydrogens is 173 g/mol. The maximum absolute atomic E-state index is 11.7. The van der Waals surface area contributed by atoms with E-state index in [0.717, 1.165) is 0 Å². The average Bonchev–Trinajstić information content (AvgIpc) is 2.37. The molecule has 1 aliphatic rings. The molecule has 0 radical (unpaired) electrons. The van der Waals surface area contributed by atoms with Crippen LogP contribution in [0.3, 0.4) is 0 Å². The van der Waals surface area contributed by atoms with Gasteiger partial charge in [0.15, 0.2) is 0 Å². The Labute approximate surface area is 66.6 Å². The fourth-order valence-corrected chi connectivity index (χ4v) is 0.772. The van der Waals surface area contributed by atoms with Gasteiger partial charge in [-0.05, 0) is 0 Å². The SMILES string of the molecule is O=C(C=C1NCCN1)C(F)(F)F. The summed E-state index contributed by atoms with van der Waals surface area (Å²) in [6.45, 7) is 1.08. The first-order chi connectivity index (χ1) is 5.50. The number of alkyl halides is 3. The molecule has 0 atom stereocenters. The molecule has 3 nitrogen and oxygen atoms in total. The van der Waals surface area contributed by atoms with Gasteiger partial charge in [-0.15, -0.1) is 0 Å². The van der Waals surface area contributed by atoms with Crippen molar-refractivity contribution in [2.24, 2.45) is 0 Å². The Hall–Kier alpha value is -1.20. The van der Waals surface area contributed by atoms with Crippen LogP contribution in [0.4, 0.5) is 13.2 Å². The number of hydrogen-bond donors (Lipinski definition) is 2. The van der Waals surface area contributed by atoms with Crippen molar-refractivity contribution in [3.63, 3.8) is 0 Å². The molecule has 68 valence electrons. The minimum Gasteiger partial charge on any atom is -0.370 e. The first-order valence-corrected chi connectivity index (χ1v) is 3.31. The molecule has 0 spiro atoms. The summed E-state index contributed by atoms with van der Waals surface area (Å²) in [7, 11) is 0. The Morgan fingerprint density at radius 1 is 1.33 bits per heavy atom. The molecule has 0 aliphatic carbocycles. The van der Waals surface area contributed by atoms with Crippen LogP contribution in [0.5, 0.6) is 0 Å². The molecule has 0 bridgehead atoms. The van der Waals surface area contributed by atoms with Crippen LogP contribution in [-0.4, -0.2) is 25.0 Å². The molecule has 0 saturated carbocycles. The molecule has 6 heteroatoms. The zero-order chi connectivity index (χ0) is 9.19. The van der Waals surface area contributed by atoms with Gasteiger partial charge in [-0.2, -0.15) is 13.2 Å².